The van der Waals surface area contributed by atoms with Crippen molar-refractivity contribution in [1.82, 2.24) is 19.5 Å². The Labute approximate surface area is 123 Å². The molecule has 0 saturated carbocycles. The molecular weight excluding hydrogens is 268 g/mol. The zero-order valence-corrected chi connectivity index (χ0v) is 12.7. The summed E-state index contributed by atoms with van der Waals surface area (Å²) in [6.07, 6.45) is 5.37. The van der Waals surface area contributed by atoms with E-state index in [9.17, 15) is 4.79 Å². The third kappa shape index (κ3) is 2.51. The number of carbonyl (C=O) groups excluding carboxylic acids is 1. The second kappa shape index (κ2) is 5.11. The molecule has 6 heteroatoms. The van der Waals surface area contributed by atoms with Crippen molar-refractivity contribution in [2.24, 2.45) is 0 Å². The van der Waals surface area contributed by atoms with E-state index in [0.717, 1.165) is 30.7 Å². The molecule has 1 amide bonds. The fourth-order valence-corrected chi connectivity index (χ4v) is 2.87. The molecule has 2 aromatic rings. The van der Waals surface area contributed by atoms with Gasteiger partial charge < -0.3 is 9.64 Å². The maximum absolute atomic E-state index is 12.8. The molecule has 0 aliphatic carbocycles. The van der Waals surface area contributed by atoms with Crippen molar-refractivity contribution in [3.05, 3.63) is 29.7 Å². The molecule has 0 bridgehead atoms. The minimum atomic E-state index is -0.259. The summed E-state index contributed by atoms with van der Waals surface area (Å²) in [6, 6.07) is 1.82. The van der Waals surface area contributed by atoms with Crippen molar-refractivity contribution in [1.29, 1.82) is 0 Å². The lowest BCUT2D eigenvalue weighted by Gasteiger charge is -2.39. The van der Waals surface area contributed by atoms with Gasteiger partial charge in [0.05, 0.1) is 23.1 Å². The van der Waals surface area contributed by atoms with Crippen molar-refractivity contribution < 1.29 is 9.53 Å². The largest absolute Gasteiger partial charge is 0.377 e. The summed E-state index contributed by atoms with van der Waals surface area (Å²) in [6.45, 7) is 5.28. The average molecular weight is 288 g/mol. The summed E-state index contributed by atoms with van der Waals surface area (Å²) >= 11 is 0. The van der Waals surface area contributed by atoms with E-state index >= 15 is 0 Å². The molecule has 3 heterocycles. The molecule has 1 fully saturated rings. The predicted molar refractivity (Wildman–Crippen MR) is 78.3 cm³/mol. The first-order valence-electron chi connectivity index (χ1n) is 7.18. The van der Waals surface area contributed by atoms with Crippen LogP contribution in [0.1, 0.15) is 35.8 Å². The van der Waals surface area contributed by atoms with Crippen LogP contribution >= 0.6 is 0 Å². The number of ether oxygens (including phenoxy) is 1. The van der Waals surface area contributed by atoms with Crippen LogP contribution in [0.15, 0.2) is 18.5 Å². The van der Waals surface area contributed by atoms with Crippen molar-refractivity contribution in [2.75, 3.05) is 20.2 Å². The fraction of sp³-hybridized carbons (Fsp3) is 0.533. The minimum Gasteiger partial charge on any atom is -0.377 e. The molecule has 21 heavy (non-hydrogen) atoms. The van der Waals surface area contributed by atoms with Gasteiger partial charge in [0.25, 0.3) is 5.91 Å². The van der Waals surface area contributed by atoms with Gasteiger partial charge in [0.15, 0.2) is 5.65 Å². The summed E-state index contributed by atoms with van der Waals surface area (Å²) in [5.74, 6) is 0.000347. The van der Waals surface area contributed by atoms with Crippen molar-refractivity contribution in [3.63, 3.8) is 0 Å². The van der Waals surface area contributed by atoms with Crippen LogP contribution in [0.5, 0.6) is 0 Å². The summed E-state index contributed by atoms with van der Waals surface area (Å²) in [5.41, 5.74) is 1.83. The number of hydrogen-bond acceptors (Lipinski definition) is 4. The lowest BCUT2D eigenvalue weighted by atomic mass is 9.94. The monoisotopic (exact) mass is 288 g/mol. The molecule has 3 rings (SSSR count). The van der Waals surface area contributed by atoms with Gasteiger partial charge in [-0.15, -0.1) is 0 Å². The highest BCUT2D eigenvalue weighted by atomic mass is 16.5. The smallest absolute Gasteiger partial charge is 0.257 e. The van der Waals surface area contributed by atoms with E-state index in [1.54, 1.807) is 24.0 Å². The van der Waals surface area contributed by atoms with E-state index in [1.165, 1.54) is 0 Å². The molecule has 0 radical (unpaired) electrons. The van der Waals surface area contributed by atoms with E-state index in [4.69, 9.17) is 4.74 Å². The Morgan fingerprint density at radius 3 is 3.05 bits per heavy atom. The zero-order chi connectivity index (χ0) is 15.0. The number of rotatable bonds is 2. The molecule has 0 N–H and O–H groups in total. The SMILES string of the molecule is COC1(C)CCCN(C(=O)c2cn3nccc3nc2C)C1. The number of carbonyl (C=O) groups is 1. The number of fused-ring (bicyclic) bond motifs is 1. The first-order valence-corrected chi connectivity index (χ1v) is 7.18. The number of aryl methyl sites for hydroxylation is 1. The fourth-order valence-electron chi connectivity index (χ4n) is 2.87. The highest BCUT2D eigenvalue weighted by molar-refractivity contribution is 5.95. The lowest BCUT2D eigenvalue weighted by Crippen LogP contribution is -2.49. The zero-order valence-electron chi connectivity index (χ0n) is 12.7. The first kappa shape index (κ1) is 14.0. The van der Waals surface area contributed by atoms with E-state index in [1.807, 2.05) is 24.8 Å². The van der Waals surface area contributed by atoms with Gasteiger partial charge >= 0.3 is 0 Å². The second-order valence-corrected chi connectivity index (χ2v) is 5.86. The van der Waals surface area contributed by atoms with Crippen LogP contribution in [0.2, 0.25) is 0 Å². The van der Waals surface area contributed by atoms with E-state index in [-0.39, 0.29) is 11.5 Å². The first-order chi connectivity index (χ1) is 10.0. The van der Waals surface area contributed by atoms with Crippen molar-refractivity contribution >= 4 is 11.6 Å². The average Bonchev–Trinajstić information content (AvgIpc) is 2.93. The van der Waals surface area contributed by atoms with Gasteiger partial charge in [-0.1, -0.05) is 0 Å². The molecule has 2 aromatic heterocycles. The maximum atomic E-state index is 12.8. The van der Waals surface area contributed by atoms with Crippen LogP contribution in [0.25, 0.3) is 5.65 Å². The van der Waals surface area contributed by atoms with Crippen LogP contribution in [-0.2, 0) is 4.74 Å². The predicted octanol–water partition coefficient (Wildman–Crippen LogP) is 1.68. The highest BCUT2D eigenvalue weighted by Gasteiger charge is 2.34. The number of piperidine rings is 1. The molecule has 1 unspecified atom stereocenters. The van der Waals surface area contributed by atoms with Crippen LogP contribution in [0, 0.1) is 6.92 Å². The minimum absolute atomic E-state index is 0.000347. The summed E-state index contributed by atoms with van der Waals surface area (Å²) < 4.78 is 7.19. The van der Waals surface area contributed by atoms with Gasteiger partial charge in [0.2, 0.25) is 0 Å². The molecule has 1 atom stereocenters. The topological polar surface area (TPSA) is 59.7 Å². The number of amides is 1. The van der Waals surface area contributed by atoms with Crippen LogP contribution in [0.3, 0.4) is 0 Å². The summed E-state index contributed by atoms with van der Waals surface area (Å²) in [4.78, 5) is 19.1. The Hall–Kier alpha value is -1.95. The Morgan fingerprint density at radius 2 is 2.29 bits per heavy atom. The van der Waals surface area contributed by atoms with E-state index in [0.29, 0.717) is 12.1 Å². The maximum Gasteiger partial charge on any atom is 0.257 e. The van der Waals surface area contributed by atoms with E-state index in [2.05, 4.69) is 10.1 Å². The lowest BCUT2D eigenvalue weighted by molar-refractivity contribution is -0.0440. The van der Waals surface area contributed by atoms with Crippen LogP contribution in [-0.4, -0.2) is 51.2 Å². The van der Waals surface area contributed by atoms with Gasteiger partial charge in [-0.25, -0.2) is 9.50 Å². The Morgan fingerprint density at radius 1 is 1.48 bits per heavy atom. The normalized spacial score (nSPS) is 22.7. The van der Waals surface area contributed by atoms with Crippen molar-refractivity contribution in [2.45, 2.75) is 32.3 Å². The quantitative estimate of drug-likeness (QED) is 0.843. The van der Waals surface area contributed by atoms with Crippen molar-refractivity contribution in [3.8, 4) is 0 Å². The molecule has 112 valence electrons. The van der Waals surface area contributed by atoms with Crippen LogP contribution in [0.4, 0.5) is 0 Å². The highest BCUT2D eigenvalue weighted by Crippen LogP contribution is 2.25. The molecular formula is C15H20N4O2. The van der Waals surface area contributed by atoms with Gasteiger partial charge in [0, 0.05) is 32.5 Å². The van der Waals surface area contributed by atoms with Gasteiger partial charge in [0.1, 0.15) is 0 Å². The number of hydrogen-bond donors (Lipinski definition) is 0. The molecule has 0 aromatic carbocycles. The third-order valence-electron chi connectivity index (χ3n) is 4.24. The summed E-state index contributed by atoms with van der Waals surface area (Å²) in [7, 11) is 1.70. The number of likely N-dealkylation sites (tertiary alicyclic amines) is 1. The third-order valence-corrected chi connectivity index (χ3v) is 4.24. The number of nitrogens with zero attached hydrogens (tertiary/aromatic N) is 4. The van der Waals surface area contributed by atoms with Crippen LogP contribution < -0.4 is 0 Å². The van der Waals surface area contributed by atoms with Gasteiger partial charge in [-0.3, -0.25) is 4.79 Å². The Kier molecular flexibility index (Phi) is 3.41. The Bertz CT molecular complexity index is 681. The molecule has 1 saturated heterocycles. The number of aromatic nitrogens is 3. The Balaban J connectivity index is 1.91. The van der Waals surface area contributed by atoms with Gasteiger partial charge in [-0.2, -0.15) is 5.10 Å². The molecule has 6 nitrogen and oxygen atoms in total. The molecule has 0 spiro atoms. The van der Waals surface area contributed by atoms with E-state index < -0.39 is 0 Å². The standard InChI is InChI=1S/C15H20N4O2/c1-11-12(9-19-13(17-11)5-7-16-19)14(20)18-8-4-6-15(2,10-18)21-3/h5,7,9H,4,6,8,10H2,1-3H3. The summed E-state index contributed by atoms with van der Waals surface area (Å²) in [5, 5.41) is 4.15. The number of methoxy groups -OCH3 is 1. The molecule has 1 aliphatic rings. The second-order valence-electron chi connectivity index (χ2n) is 5.86. The van der Waals surface area contributed by atoms with Gasteiger partial charge in [-0.05, 0) is 26.7 Å². The molecule has 1 aliphatic heterocycles.